The van der Waals surface area contributed by atoms with Crippen molar-refractivity contribution in [1.82, 2.24) is 0 Å². The van der Waals surface area contributed by atoms with Crippen LogP contribution in [0.15, 0.2) is 0 Å². The molecule has 0 saturated heterocycles. The van der Waals surface area contributed by atoms with Gasteiger partial charge in [-0.25, -0.2) is 4.57 Å². The number of hydrogen-bond acceptors (Lipinski definition) is 2. The molecule has 0 saturated carbocycles. The van der Waals surface area contributed by atoms with Crippen LogP contribution >= 0.6 is 7.82 Å². The molecule has 0 heterocycles. The Kier molecular flexibility index (Phi) is 4.81. The molecule has 4 nitrogen and oxygen atoms in total. The summed E-state index contributed by atoms with van der Waals surface area (Å²) in [6.07, 6.45) is -16.8. The highest BCUT2D eigenvalue weighted by Gasteiger charge is 2.41. The van der Waals surface area contributed by atoms with Gasteiger partial charge in [0.15, 0.2) is 0 Å². The Balaban J connectivity index is 4.59. The topological polar surface area (TPSA) is 66.8 Å². The van der Waals surface area contributed by atoms with Gasteiger partial charge in [-0.1, -0.05) is 0 Å². The maximum absolute atomic E-state index is 11.8. The smallest absolute Gasteiger partial charge is 0.303 e. The van der Waals surface area contributed by atoms with Gasteiger partial charge in [0.1, 0.15) is 0 Å². The number of halogens is 6. The van der Waals surface area contributed by atoms with E-state index in [0.717, 1.165) is 0 Å². The summed E-state index contributed by atoms with van der Waals surface area (Å²) in [6, 6.07) is 0. The Hall–Kier alpha value is -0.310. The fourth-order valence-electron chi connectivity index (χ4n) is 0.857. The van der Waals surface area contributed by atoms with Crippen molar-refractivity contribution in [2.75, 3.05) is 0 Å². The van der Waals surface area contributed by atoms with Crippen molar-refractivity contribution in [3.05, 3.63) is 0 Å². The number of rotatable bonds is 4. The maximum atomic E-state index is 11.8. The van der Waals surface area contributed by atoms with Crippen molar-refractivity contribution < 1.29 is 45.2 Å². The minimum Gasteiger partial charge on any atom is -0.303 e. The van der Waals surface area contributed by atoms with E-state index in [1.54, 1.807) is 0 Å². The molecule has 0 atom stereocenters. The predicted molar refractivity (Wildman–Crippen MR) is 38.3 cm³/mol. The van der Waals surface area contributed by atoms with Gasteiger partial charge in [0.2, 0.25) is 0 Å². The highest BCUT2D eigenvalue weighted by atomic mass is 31.2. The molecule has 0 radical (unpaired) electrons. The summed E-state index contributed by atoms with van der Waals surface area (Å²) in [5.74, 6) is 0. The third kappa shape index (κ3) is 10.2. The largest absolute Gasteiger partial charge is 0.469 e. The van der Waals surface area contributed by atoms with Crippen LogP contribution in [0.25, 0.3) is 0 Å². The third-order valence-electron chi connectivity index (χ3n) is 1.20. The normalized spacial score (nSPS) is 14.6. The molecule has 0 amide bonds. The fraction of sp³-hybridized carbons (Fsp3) is 1.00. The maximum Gasteiger partial charge on any atom is 0.469 e. The van der Waals surface area contributed by atoms with E-state index in [2.05, 4.69) is 4.52 Å². The van der Waals surface area contributed by atoms with Crippen LogP contribution in [0.1, 0.15) is 12.8 Å². The van der Waals surface area contributed by atoms with Gasteiger partial charge in [0, 0.05) is 0 Å². The molecule has 11 heteroatoms. The van der Waals surface area contributed by atoms with Crippen LogP contribution in [0.3, 0.4) is 0 Å². The minimum absolute atomic E-state index is 2.09. The van der Waals surface area contributed by atoms with Gasteiger partial charge in [0.25, 0.3) is 0 Å². The van der Waals surface area contributed by atoms with Crippen LogP contribution in [0.5, 0.6) is 0 Å². The second-order valence-electron chi connectivity index (χ2n) is 2.86. The lowest BCUT2D eigenvalue weighted by Crippen LogP contribution is -2.27. The Bertz CT molecular complexity index is 251. The van der Waals surface area contributed by atoms with Gasteiger partial charge in [-0.2, -0.15) is 26.3 Å². The summed E-state index contributed by atoms with van der Waals surface area (Å²) < 4.78 is 84.1. The minimum atomic E-state index is -5.39. The van der Waals surface area contributed by atoms with E-state index in [0.29, 0.717) is 0 Å². The molecule has 0 aromatic heterocycles. The highest BCUT2D eigenvalue weighted by Crippen LogP contribution is 2.42. The van der Waals surface area contributed by atoms with Crippen LogP contribution in [0, 0.1) is 0 Å². The SMILES string of the molecule is O=P(O)(O)OC(CC(F)(F)F)CC(F)(F)F. The lowest BCUT2D eigenvalue weighted by Gasteiger charge is -2.20. The zero-order valence-corrected chi connectivity index (χ0v) is 8.31. The molecule has 0 spiro atoms. The quantitative estimate of drug-likeness (QED) is 0.611. The standard InChI is InChI=1S/C5H7F6O4P/c6-4(7,8)1-3(2-5(9,10)11)15-16(12,13)14/h3H,1-2H2,(H2,12,13,14). The van der Waals surface area contributed by atoms with E-state index >= 15 is 0 Å². The first-order valence-electron chi connectivity index (χ1n) is 3.66. The van der Waals surface area contributed by atoms with Crippen molar-refractivity contribution in [2.45, 2.75) is 31.3 Å². The van der Waals surface area contributed by atoms with Crippen LogP contribution in [0.2, 0.25) is 0 Å². The molecule has 0 rings (SSSR count). The third-order valence-corrected chi connectivity index (χ3v) is 1.78. The van der Waals surface area contributed by atoms with E-state index in [1.807, 2.05) is 0 Å². The van der Waals surface area contributed by atoms with E-state index in [4.69, 9.17) is 9.79 Å². The zero-order chi connectivity index (χ0) is 13.2. The van der Waals surface area contributed by atoms with Crippen molar-refractivity contribution in [2.24, 2.45) is 0 Å². The van der Waals surface area contributed by atoms with E-state index in [9.17, 15) is 30.9 Å². The Labute approximate surface area is 85.4 Å². The highest BCUT2D eigenvalue weighted by molar-refractivity contribution is 7.46. The summed E-state index contributed by atoms with van der Waals surface area (Å²) >= 11 is 0. The first-order valence-corrected chi connectivity index (χ1v) is 5.19. The first kappa shape index (κ1) is 15.7. The molecular formula is C5H7F6O4P. The fourth-order valence-corrected chi connectivity index (χ4v) is 1.39. The Morgan fingerprint density at radius 3 is 1.50 bits per heavy atom. The zero-order valence-electron chi connectivity index (χ0n) is 7.42. The molecule has 0 aromatic carbocycles. The monoisotopic (exact) mass is 276 g/mol. The van der Waals surface area contributed by atoms with E-state index in [-0.39, 0.29) is 0 Å². The molecule has 0 bridgehead atoms. The number of hydrogen-bond donors (Lipinski definition) is 2. The molecule has 0 aliphatic rings. The second kappa shape index (κ2) is 4.91. The summed E-state index contributed by atoms with van der Waals surface area (Å²) in [7, 11) is -5.39. The van der Waals surface area contributed by atoms with E-state index in [1.165, 1.54) is 0 Å². The average molecular weight is 276 g/mol. The molecule has 0 aliphatic heterocycles. The van der Waals surface area contributed by atoms with Crippen molar-refractivity contribution in [3.8, 4) is 0 Å². The summed E-state index contributed by atoms with van der Waals surface area (Å²) in [4.78, 5) is 16.3. The van der Waals surface area contributed by atoms with Crippen LogP contribution in [-0.4, -0.2) is 28.2 Å². The lowest BCUT2D eigenvalue weighted by atomic mass is 10.2. The van der Waals surface area contributed by atoms with Crippen LogP contribution in [0.4, 0.5) is 26.3 Å². The number of phosphoric ester groups is 1. The summed E-state index contributed by atoms with van der Waals surface area (Å²) in [5, 5.41) is 0. The molecule has 16 heavy (non-hydrogen) atoms. The summed E-state index contributed by atoms with van der Waals surface area (Å²) in [5.41, 5.74) is 0. The first-order chi connectivity index (χ1) is 6.79. The van der Waals surface area contributed by atoms with Crippen LogP contribution < -0.4 is 0 Å². The van der Waals surface area contributed by atoms with Crippen molar-refractivity contribution >= 4 is 7.82 Å². The molecule has 0 aliphatic carbocycles. The van der Waals surface area contributed by atoms with Gasteiger partial charge in [-0.05, 0) is 0 Å². The lowest BCUT2D eigenvalue weighted by molar-refractivity contribution is -0.183. The van der Waals surface area contributed by atoms with Crippen molar-refractivity contribution in [3.63, 3.8) is 0 Å². The number of phosphoric acid groups is 1. The van der Waals surface area contributed by atoms with Gasteiger partial charge >= 0.3 is 20.2 Å². The van der Waals surface area contributed by atoms with Gasteiger partial charge in [-0.3, -0.25) is 4.52 Å². The second-order valence-corrected chi connectivity index (χ2v) is 4.05. The number of alkyl halides is 6. The van der Waals surface area contributed by atoms with Gasteiger partial charge in [-0.15, -0.1) is 0 Å². The molecule has 98 valence electrons. The Morgan fingerprint density at radius 1 is 1.00 bits per heavy atom. The van der Waals surface area contributed by atoms with Crippen LogP contribution in [-0.2, 0) is 9.09 Å². The Morgan fingerprint density at radius 2 is 1.31 bits per heavy atom. The molecule has 0 aromatic rings. The van der Waals surface area contributed by atoms with Gasteiger partial charge in [0.05, 0.1) is 18.9 Å². The van der Waals surface area contributed by atoms with E-state index < -0.39 is 39.1 Å². The molecule has 0 unspecified atom stereocenters. The molecular weight excluding hydrogens is 269 g/mol. The van der Waals surface area contributed by atoms with Gasteiger partial charge < -0.3 is 9.79 Å². The summed E-state index contributed by atoms with van der Waals surface area (Å²) in [6.45, 7) is 0. The predicted octanol–water partition coefficient (Wildman–Crippen LogP) is 2.37. The van der Waals surface area contributed by atoms with Crippen molar-refractivity contribution in [1.29, 1.82) is 0 Å². The average Bonchev–Trinajstić information content (AvgIpc) is 1.70. The molecule has 0 fully saturated rings. The molecule has 2 N–H and O–H groups in total.